The van der Waals surface area contributed by atoms with Gasteiger partial charge in [-0.05, 0) is 42.7 Å². The number of benzene rings is 2. The summed E-state index contributed by atoms with van der Waals surface area (Å²) in [6, 6.07) is 16.2. The molecule has 1 aromatic heterocycles. The molecule has 10 heteroatoms. The fourth-order valence-electron chi connectivity index (χ4n) is 3.35. The Labute approximate surface area is 186 Å². The van der Waals surface area contributed by atoms with E-state index < -0.39 is 15.9 Å². The molecule has 1 aliphatic heterocycles. The third-order valence-electron chi connectivity index (χ3n) is 5.10. The normalized spacial score (nSPS) is 14.9. The van der Waals surface area contributed by atoms with E-state index in [4.69, 9.17) is 9.15 Å². The van der Waals surface area contributed by atoms with Gasteiger partial charge in [-0.2, -0.15) is 4.31 Å². The maximum Gasteiger partial charge on any atom is 0.308 e. The van der Waals surface area contributed by atoms with Gasteiger partial charge in [0.1, 0.15) is 0 Å². The Morgan fingerprint density at radius 1 is 1.00 bits per heavy atom. The average Bonchev–Trinajstić information content (AvgIpc) is 3.34. The van der Waals surface area contributed by atoms with E-state index in [1.165, 1.54) is 22.0 Å². The molecular formula is C22H24N4O5S. The van der Waals surface area contributed by atoms with Gasteiger partial charge in [0, 0.05) is 25.2 Å². The molecule has 4 rings (SSSR count). The fraction of sp³-hybridized carbons (Fsp3) is 0.318. The van der Waals surface area contributed by atoms with Gasteiger partial charge in [0.2, 0.25) is 15.9 Å². The minimum Gasteiger partial charge on any atom is -0.412 e. The van der Waals surface area contributed by atoms with Crippen LogP contribution in [0.2, 0.25) is 0 Å². The van der Waals surface area contributed by atoms with Gasteiger partial charge >= 0.3 is 11.8 Å². The summed E-state index contributed by atoms with van der Waals surface area (Å²) in [6.45, 7) is 1.92. The Balaban J connectivity index is 1.34. The summed E-state index contributed by atoms with van der Waals surface area (Å²) >= 11 is 0. The maximum atomic E-state index is 12.7. The number of carbonyl (C=O) groups is 1. The molecule has 0 bridgehead atoms. The number of hydrogen-bond donors (Lipinski definition) is 1. The van der Waals surface area contributed by atoms with Crippen molar-refractivity contribution in [3.05, 3.63) is 66.1 Å². The number of aromatic nitrogens is 2. The van der Waals surface area contributed by atoms with E-state index in [2.05, 4.69) is 15.5 Å². The zero-order chi connectivity index (χ0) is 22.4. The van der Waals surface area contributed by atoms with Crippen molar-refractivity contribution >= 4 is 15.9 Å². The number of rotatable bonds is 8. The van der Waals surface area contributed by atoms with Crippen LogP contribution in [0, 0.1) is 0 Å². The van der Waals surface area contributed by atoms with Crippen LogP contribution in [-0.4, -0.2) is 61.7 Å². The van der Waals surface area contributed by atoms with Gasteiger partial charge in [-0.1, -0.05) is 30.3 Å². The number of nitrogens with one attached hydrogen (secondary N) is 1. The third-order valence-corrected chi connectivity index (χ3v) is 7.01. The molecule has 0 atom stereocenters. The first-order chi connectivity index (χ1) is 15.5. The molecule has 1 amide bonds. The molecule has 0 radical (unpaired) electrons. The molecular weight excluding hydrogens is 432 g/mol. The minimum atomic E-state index is -3.58. The largest absolute Gasteiger partial charge is 0.412 e. The SMILES string of the molecule is O=C(NCCCc1ccccc1)c1nnc(-c2ccc(S(=O)(=O)N3CCOCC3)cc2)o1. The molecule has 0 unspecified atom stereocenters. The number of hydrogen-bond acceptors (Lipinski definition) is 7. The molecule has 1 N–H and O–H groups in total. The van der Waals surface area contributed by atoms with Crippen LogP contribution in [0.4, 0.5) is 0 Å². The highest BCUT2D eigenvalue weighted by Crippen LogP contribution is 2.22. The van der Waals surface area contributed by atoms with Gasteiger partial charge in [0.25, 0.3) is 0 Å². The molecule has 0 spiro atoms. The van der Waals surface area contributed by atoms with Crippen molar-refractivity contribution in [1.29, 1.82) is 0 Å². The molecule has 3 aromatic rings. The number of ether oxygens (including phenoxy) is 1. The standard InChI is InChI=1S/C22H24N4O5S/c27-20(23-12-4-7-17-5-2-1-3-6-17)22-25-24-21(31-22)18-8-10-19(11-9-18)32(28,29)26-13-15-30-16-14-26/h1-3,5-6,8-11H,4,7,12-16H2,(H,23,27). The molecule has 32 heavy (non-hydrogen) atoms. The smallest absolute Gasteiger partial charge is 0.308 e. The van der Waals surface area contributed by atoms with E-state index in [9.17, 15) is 13.2 Å². The van der Waals surface area contributed by atoms with Crippen LogP contribution in [0.15, 0.2) is 63.9 Å². The lowest BCUT2D eigenvalue weighted by Gasteiger charge is -2.26. The van der Waals surface area contributed by atoms with Crippen LogP contribution in [-0.2, 0) is 21.2 Å². The summed E-state index contributed by atoms with van der Waals surface area (Å²) < 4.78 is 37.5. The van der Waals surface area contributed by atoms with E-state index in [0.717, 1.165) is 12.8 Å². The van der Waals surface area contributed by atoms with E-state index in [0.29, 0.717) is 38.4 Å². The van der Waals surface area contributed by atoms with Gasteiger partial charge in [-0.25, -0.2) is 8.42 Å². The molecule has 168 valence electrons. The highest BCUT2D eigenvalue weighted by atomic mass is 32.2. The molecule has 0 saturated carbocycles. The minimum absolute atomic E-state index is 0.135. The molecule has 1 fully saturated rings. The predicted molar refractivity (Wildman–Crippen MR) is 116 cm³/mol. The van der Waals surface area contributed by atoms with E-state index >= 15 is 0 Å². The van der Waals surface area contributed by atoms with Gasteiger partial charge < -0.3 is 14.5 Å². The lowest BCUT2D eigenvalue weighted by molar-refractivity contribution is 0.0730. The van der Waals surface area contributed by atoms with Crippen LogP contribution in [0.3, 0.4) is 0 Å². The van der Waals surface area contributed by atoms with Crippen molar-refractivity contribution in [2.24, 2.45) is 0 Å². The van der Waals surface area contributed by atoms with Crippen LogP contribution in [0.25, 0.3) is 11.5 Å². The summed E-state index contributed by atoms with van der Waals surface area (Å²) in [5, 5.41) is 10.5. The lowest BCUT2D eigenvalue weighted by atomic mass is 10.1. The van der Waals surface area contributed by atoms with Crippen LogP contribution >= 0.6 is 0 Å². The Bertz CT molecular complexity index is 1140. The summed E-state index contributed by atoms with van der Waals surface area (Å²) in [5.41, 5.74) is 1.74. The zero-order valence-electron chi connectivity index (χ0n) is 17.4. The van der Waals surface area contributed by atoms with Crippen molar-refractivity contribution in [3.63, 3.8) is 0 Å². The maximum absolute atomic E-state index is 12.7. The van der Waals surface area contributed by atoms with E-state index in [1.807, 2.05) is 30.3 Å². The topological polar surface area (TPSA) is 115 Å². The first-order valence-electron chi connectivity index (χ1n) is 10.4. The number of morpholine rings is 1. The third kappa shape index (κ3) is 5.21. The first-order valence-corrected chi connectivity index (χ1v) is 11.8. The second-order valence-electron chi connectivity index (χ2n) is 7.30. The quantitative estimate of drug-likeness (QED) is 0.516. The number of nitrogens with zero attached hydrogens (tertiary/aromatic N) is 3. The van der Waals surface area contributed by atoms with Crippen LogP contribution in [0.5, 0.6) is 0 Å². The van der Waals surface area contributed by atoms with Crippen LogP contribution < -0.4 is 5.32 Å². The average molecular weight is 457 g/mol. The number of carbonyl (C=O) groups excluding carboxylic acids is 1. The Hall–Kier alpha value is -3.08. The van der Waals surface area contributed by atoms with Gasteiger partial charge in [0.05, 0.1) is 18.1 Å². The second-order valence-corrected chi connectivity index (χ2v) is 9.24. The summed E-state index contributed by atoms with van der Waals surface area (Å²) in [4.78, 5) is 12.4. The van der Waals surface area contributed by atoms with Crippen molar-refractivity contribution < 1.29 is 22.4 Å². The Morgan fingerprint density at radius 2 is 1.72 bits per heavy atom. The summed E-state index contributed by atoms with van der Waals surface area (Å²) in [7, 11) is -3.58. The lowest BCUT2D eigenvalue weighted by Crippen LogP contribution is -2.40. The molecule has 0 aliphatic carbocycles. The van der Waals surface area contributed by atoms with Gasteiger partial charge in [-0.15, -0.1) is 10.2 Å². The molecule has 9 nitrogen and oxygen atoms in total. The number of sulfonamides is 1. The van der Waals surface area contributed by atoms with Crippen molar-refractivity contribution in [2.45, 2.75) is 17.7 Å². The summed E-state index contributed by atoms with van der Waals surface area (Å²) in [5.74, 6) is -0.428. The monoisotopic (exact) mass is 456 g/mol. The molecule has 2 heterocycles. The second kappa shape index (κ2) is 10.0. The van der Waals surface area contributed by atoms with E-state index in [-0.39, 0.29) is 16.7 Å². The van der Waals surface area contributed by atoms with Crippen molar-refractivity contribution in [3.8, 4) is 11.5 Å². The van der Waals surface area contributed by atoms with Crippen molar-refractivity contribution in [1.82, 2.24) is 19.8 Å². The predicted octanol–water partition coefficient (Wildman–Crippen LogP) is 2.12. The number of aryl methyl sites for hydroxylation is 1. The Morgan fingerprint density at radius 3 is 2.44 bits per heavy atom. The van der Waals surface area contributed by atoms with Gasteiger partial charge in [0.15, 0.2) is 0 Å². The van der Waals surface area contributed by atoms with Crippen molar-refractivity contribution in [2.75, 3.05) is 32.8 Å². The summed E-state index contributed by atoms with van der Waals surface area (Å²) in [6.07, 6.45) is 1.64. The molecule has 2 aromatic carbocycles. The molecule has 1 aliphatic rings. The van der Waals surface area contributed by atoms with Gasteiger partial charge in [-0.3, -0.25) is 4.79 Å². The van der Waals surface area contributed by atoms with Crippen LogP contribution in [0.1, 0.15) is 22.7 Å². The fourth-order valence-corrected chi connectivity index (χ4v) is 4.76. The zero-order valence-corrected chi connectivity index (χ0v) is 18.3. The number of amides is 1. The highest BCUT2D eigenvalue weighted by Gasteiger charge is 2.26. The Kier molecular flexibility index (Phi) is 6.93. The molecule has 1 saturated heterocycles. The first kappa shape index (κ1) is 22.1. The van der Waals surface area contributed by atoms with E-state index in [1.54, 1.807) is 12.1 Å². The highest BCUT2D eigenvalue weighted by molar-refractivity contribution is 7.89.